The lowest BCUT2D eigenvalue weighted by Crippen LogP contribution is -2.61. The van der Waals surface area contributed by atoms with E-state index >= 15 is 0 Å². The summed E-state index contributed by atoms with van der Waals surface area (Å²) in [6, 6.07) is 1.75. The van der Waals surface area contributed by atoms with Crippen molar-refractivity contribution >= 4 is 47.3 Å². The van der Waals surface area contributed by atoms with Crippen molar-refractivity contribution in [3.05, 3.63) is 29.8 Å². The smallest absolute Gasteiger partial charge is 0.424 e. The van der Waals surface area contributed by atoms with E-state index in [1.54, 1.807) is 38.4 Å². The number of hydrogen-bond acceptors (Lipinski definition) is 11. The zero-order chi connectivity index (χ0) is 44.4. The second kappa shape index (κ2) is 24.7. The Balaban J connectivity index is 3.03. The minimum Gasteiger partial charge on any atom is -0.444 e. The number of urea groups is 1. The molecule has 0 saturated carbocycles. The van der Waals surface area contributed by atoms with Crippen molar-refractivity contribution in [2.45, 2.75) is 117 Å². The number of anilines is 1. The van der Waals surface area contributed by atoms with Gasteiger partial charge in [0.1, 0.15) is 24.7 Å². The number of hydrazine groups is 1. The Morgan fingerprint density at radius 2 is 1.43 bits per heavy atom. The van der Waals surface area contributed by atoms with Crippen molar-refractivity contribution in [1.82, 2.24) is 30.9 Å². The molecule has 0 unspecified atom stereocenters. The van der Waals surface area contributed by atoms with Crippen molar-refractivity contribution in [3.8, 4) is 0 Å². The van der Waals surface area contributed by atoms with Gasteiger partial charge in [0.05, 0.1) is 24.6 Å². The Hall–Kier alpha value is -5.01. The van der Waals surface area contributed by atoms with Gasteiger partial charge >= 0.3 is 12.1 Å². The van der Waals surface area contributed by atoms with Gasteiger partial charge in [-0.1, -0.05) is 60.1 Å². The third kappa shape index (κ3) is 16.1. The molecule has 0 radical (unpaired) electrons. The predicted octanol–water partition coefficient (Wildman–Crippen LogP) is 1.25. The van der Waals surface area contributed by atoms with Crippen LogP contribution in [0.25, 0.3) is 0 Å². The quantitative estimate of drug-likeness (QED) is 0.0576. The van der Waals surface area contributed by atoms with Crippen LogP contribution in [0, 0.1) is 17.8 Å². The summed E-state index contributed by atoms with van der Waals surface area (Å²) >= 11 is 0. The van der Waals surface area contributed by atoms with Crippen LogP contribution in [0.5, 0.6) is 0 Å². The average Bonchev–Trinajstić information content (AvgIpc) is 3.15. The van der Waals surface area contributed by atoms with E-state index in [0.717, 1.165) is 0 Å². The van der Waals surface area contributed by atoms with Crippen molar-refractivity contribution in [1.29, 1.82) is 0 Å². The molecule has 19 heteroatoms. The van der Waals surface area contributed by atoms with Gasteiger partial charge in [-0.3, -0.25) is 24.0 Å². The molecular weight excluding hydrogens is 752 g/mol. The molecule has 0 bridgehead atoms. The molecule has 1 aromatic carbocycles. The van der Waals surface area contributed by atoms with Crippen LogP contribution in [-0.4, -0.2) is 128 Å². The summed E-state index contributed by atoms with van der Waals surface area (Å²) in [5.74, 6) is -3.06. The number of primary amides is 2. The number of carbonyl (C=O) groups is 7. The molecular formula is C39H68N10O9. The van der Waals surface area contributed by atoms with Gasteiger partial charge in [0, 0.05) is 40.5 Å². The number of methoxy groups -OCH3 is 1. The van der Waals surface area contributed by atoms with E-state index in [1.165, 1.54) is 36.0 Å². The summed E-state index contributed by atoms with van der Waals surface area (Å²) in [5, 5.41) is 13.3. The van der Waals surface area contributed by atoms with Crippen molar-refractivity contribution in [2.24, 2.45) is 35.0 Å². The van der Waals surface area contributed by atoms with E-state index < -0.39 is 72.1 Å². The number of benzene rings is 1. The first-order valence-electron chi connectivity index (χ1n) is 19.6. The zero-order valence-electron chi connectivity index (χ0n) is 36.0. The summed E-state index contributed by atoms with van der Waals surface area (Å²) in [7, 11) is 6.14. The van der Waals surface area contributed by atoms with E-state index in [4.69, 9.17) is 26.7 Å². The number of amides is 8. The fourth-order valence-corrected chi connectivity index (χ4v) is 6.36. The first-order valence-corrected chi connectivity index (χ1v) is 19.6. The SMILES string of the molecule is CC[C@H](C)[C@@H]([C@@H](CC(N)=O)OC)N(C)C(=O)[C@@H](NC(=O)[C@H](C(C)C)N(C)N(C)C(=O)OCc1ccc(NC(=O)[C@H](CCCNC(N)=O)NC(=O)[C@H](C)N)cc1)C(C)C. The number of carbonyl (C=O) groups excluding carboxylic acids is 7. The molecule has 0 aliphatic rings. The van der Waals surface area contributed by atoms with Gasteiger partial charge in [0.25, 0.3) is 0 Å². The molecule has 0 aliphatic heterocycles. The number of likely N-dealkylation sites (N-methyl/N-ethyl adjacent to an activating group) is 2. The third-order valence-electron chi connectivity index (χ3n) is 9.98. The second-order valence-corrected chi connectivity index (χ2v) is 15.3. The third-order valence-corrected chi connectivity index (χ3v) is 9.98. The first-order chi connectivity index (χ1) is 27.1. The van der Waals surface area contributed by atoms with Crippen LogP contribution in [0.1, 0.15) is 79.7 Å². The number of rotatable bonds is 24. The van der Waals surface area contributed by atoms with Gasteiger partial charge in [-0.25, -0.2) is 19.6 Å². The molecule has 0 heterocycles. The minimum absolute atomic E-state index is 0.0516. The zero-order valence-corrected chi connectivity index (χ0v) is 36.0. The van der Waals surface area contributed by atoms with Gasteiger partial charge < -0.3 is 52.8 Å². The molecule has 0 aromatic heterocycles. The maximum atomic E-state index is 14.0. The Morgan fingerprint density at radius 3 is 1.91 bits per heavy atom. The van der Waals surface area contributed by atoms with Crippen LogP contribution in [0.3, 0.4) is 0 Å². The summed E-state index contributed by atoms with van der Waals surface area (Å²) in [5.41, 5.74) is 17.3. The molecule has 328 valence electrons. The van der Waals surface area contributed by atoms with Crippen molar-refractivity contribution in [3.63, 3.8) is 0 Å². The lowest BCUT2D eigenvalue weighted by Gasteiger charge is -2.40. The second-order valence-electron chi connectivity index (χ2n) is 15.3. The minimum atomic E-state index is -0.931. The molecule has 10 N–H and O–H groups in total. The van der Waals surface area contributed by atoms with E-state index in [0.29, 0.717) is 24.1 Å². The Labute approximate surface area is 342 Å². The number of nitrogens with zero attached hydrogens (tertiary/aromatic N) is 3. The molecule has 1 rings (SSSR count). The standard InChI is InChI=1S/C39H68N10O9/c1-12-24(6)33(29(57-11)20-30(41)50)47(8)37(54)31(22(2)3)46-36(53)32(23(4)5)48(9)49(10)39(56)58-21-26-15-17-27(18-16-26)44-35(52)28(45-34(51)25(7)40)14-13-19-43-38(42)55/h15-18,22-25,28-29,31-33H,12-14,19-21,40H2,1-11H3,(H2,41,50)(H,44,52)(H,45,51)(H,46,53)(H3,42,43,55)/t24-,25-,28-,29+,31-,32-,33-/m0/s1. The highest BCUT2D eigenvalue weighted by Crippen LogP contribution is 2.24. The molecule has 1 aromatic rings. The van der Waals surface area contributed by atoms with E-state index in [1.807, 2.05) is 41.5 Å². The summed E-state index contributed by atoms with van der Waals surface area (Å²) in [6.07, 6.45) is -0.196. The monoisotopic (exact) mass is 821 g/mol. The summed E-state index contributed by atoms with van der Waals surface area (Å²) in [4.78, 5) is 90.8. The van der Waals surface area contributed by atoms with Crippen LogP contribution in [0.15, 0.2) is 24.3 Å². The van der Waals surface area contributed by atoms with Crippen LogP contribution in [0.2, 0.25) is 0 Å². The lowest BCUT2D eigenvalue weighted by atomic mass is 9.90. The van der Waals surface area contributed by atoms with Gasteiger partial charge in [-0.2, -0.15) is 0 Å². The molecule has 8 amide bonds. The van der Waals surface area contributed by atoms with Crippen molar-refractivity contribution < 1.29 is 43.0 Å². The van der Waals surface area contributed by atoms with Gasteiger partial charge in [-0.15, -0.1) is 0 Å². The Bertz CT molecular complexity index is 1530. The lowest BCUT2D eigenvalue weighted by molar-refractivity contribution is -0.146. The van der Waals surface area contributed by atoms with Crippen molar-refractivity contribution in [2.75, 3.05) is 40.1 Å². The fourth-order valence-electron chi connectivity index (χ4n) is 6.36. The number of hydrogen-bond donors (Lipinski definition) is 7. The highest BCUT2D eigenvalue weighted by atomic mass is 16.6. The highest BCUT2D eigenvalue weighted by Gasteiger charge is 2.39. The highest BCUT2D eigenvalue weighted by molar-refractivity contribution is 5.97. The Kier molecular flexibility index (Phi) is 21.7. The van der Waals surface area contributed by atoms with Crippen LogP contribution < -0.4 is 38.5 Å². The maximum Gasteiger partial charge on any atom is 0.424 e. The van der Waals surface area contributed by atoms with Gasteiger partial charge in [0.15, 0.2) is 0 Å². The fraction of sp³-hybridized carbons (Fsp3) is 0.667. The van der Waals surface area contributed by atoms with E-state index in [9.17, 15) is 33.6 Å². The molecule has 0 spiro atoms. The topological polar surface area (TPSA) is 274 Å². The van der Waals surface area contributed by atoms with Crippen LogP contribution in [0.4, 0.5) is 15.3 Å². The van der Waals surface area contributed by atoms with Gasteiger partial charge in [-0.05, 0) is 55.2 Å². The molecule has 58 heavy (non-hydrogen) atoms. The largest absolute Gasteiger partial charge is 0.444 e. The van der Waals surface area contributed by atoms with E-state index in [-0.39, 0.29) is 49.7 Å². The average molecular weight is 821 g/mol. The maximum absolute atomic E-state index is 14.0. The molecule has 0 saturated heterocycles. The molecule has 0 fully saturated rings. The Morgan fingerprint density at radius 1 is 0.828 bits per heavy atom. The summed E-state index contributed by atoms with van der Waals surface area (Å²) < 4.78 is 11.2. The first kappa shape index (κ1) is 51.0. The summed E-state index contributed by atoms with van der Waals surface area (Å²) in [6.45, 7) is 12.8. The van der Waals surface area contributed by atoms with E-state index in [2.05, 4.69) is 21.3 Å². The number of nitrogens with two attached hydrogens (primary N) is 3. The molecule has 7 atom stereocenters. The number of ether oxygens (including phenoxy) is 2. The van der Waals surface area contributed by atoms with Crippen LogP contribution in [-0.2, 0) is 40.1 Å². The van der Waals surface area contributed by atoms with Gasteiger partial charge in [0.2, 0.25) is 29.5 Å². The number of nitrogens with one attached hydrogen (secondary N) is 4. The molecule has 19 nitrogen and oxygen atoms in total. The predicted molar refractivity (Wildman–Crippen MR) is 219 cm³/mol. The normalized spacial score (nSPS) is 14.9. The molecule has 0 aliphatic carbocycles. The van der Waals surface area contributed by atoms with Crippen LogP contribution >= 0.6 is 0 Å².